The molecule has 0 saturated carbocycles. The molecule has 2 unspecified atom stereocenters. The van der Waals surface area contributed by atoms with E-state index in [1.54, 1.807) is 12.2 Å². The van der Waals surface area contributed by atoms with E-state index < -0.39 is 12.1 Å². The van der Waals surface area contributed by atoms with Crippen LogP contribution in [0.1, 0.15) is 5.56 Å². The second kappa shape index (κ2) is 6.22. The lowest BCUT2D eigenvalue weighted by Crippen LogP contribution is -2.28. The number of ether oxygens (including phenoxy) is 2. The summed E-state index contributed by atoms with van der Waals surface area (Å²) in [4.78, 5) is 24.0. The first-order chi connectivity index (χ1) is 11.1. The lowest BCUT2D eigenvalue weighted by Gasteiger charge is -2.22. The lowest BCUT2D eigenvalue weighted by molar-refractivity contribution is -0.135. The van der Waals surface area contributed by atoms with Crippen LogP contribution < -0.4 is 5.32 Å². The van der Waals surface area contributed by atoms with Gasteiger partial charge in [0.1, 0.15) is 6.10 Å². The van der Waals surface area contributed by atoms with E-state index in [-0.39, 0.29) is 11.8 Å². The first-order valence-corrected chi connectivity index (χ1v) is 7.26. The number of amides is 1. The maximum absolute atomic E-state index is 12.1. The van der Waals surface area contributed by atoms with Gasteiger partial charge < -0.3 is 14.8 Å². The van der Waals surface area contributed by atoms with Crippen LogP contribution in [0.15, 0.2) is 59.3 Å². The second-order valence-electron chi connectivity index (χ2n) is 5.37. The zero-order valence-corrected chi connectivity index (χ0v) is 12.9. The van der Waals surface area contributed by atoms with Gasteiger partial charge in [0.25, 0.3) is 5.91 Å². The molecule has 1 fully saturated rings. The molecule has 118 valence electrons. The highest BCUT2D eigenvalue weighted by Gasteiger charge is 2.42. The van der Waals surface area contributed by atoms with E-state index in [1.165, 1.54) is 14.2 Å². The van der Waals surface area contributed by atoms with Crippen LogP contribution >= 0.6 is 0 Å². The lowest BCUT2D eigenvalue weighted by atomic mass is 9.85. The van der Waals surface area contributed by atoms with Crippen LogP contribution in [-0.4, -0.2) is 32.2 Å². The predicted molar refractivity (Wildman–Crippen MR) is 85.0 cm³/mol. The average molecular weight is 311 g/mol. The maximum Gasteiger partial charge on any atom is 0.337 e. The van der Waals surface area contributed by atoms with Crippen LogP contribution in [0.4, 0.5) is 0 Å². The van der Waals surface area contributed by atoms with Crippen molar-refractivity contribution in [1.29, 1.82) is 0 Å². The molecule has 5 heteroatoms. The second-order valence-corrected chi connectivity index (χ2v) is 5.37. The number of nitrogens with one attached hydrogen (secondary N) is 1. The van der Waals surface area contributed by atoms with Crippen molar-refractivity contribution in [2.45, 2.75) is 6.10 Å². The molecule has 0 aromatic heterocycles. The van der Waals surface area contributed by atoms with Crippen LogP contribution in [-0.2, 0) is 19.1 Å². The number of fused-ring (bicyclic) bond motifs is 1. The van der Waals surface area contributed by atoms with Gasteiger partial charge in [0.05, 0.1) is 18.6 Å². The number of benzene rings is 1. The van der Waals surface area contributed by atoms with Crippen LogP contribution in [0.2, 0.25) is 0 Å². The van der Waals surface area contributed by atoms with Gasteiger partial charge in [-0.1, -0.05) is 36.4 Å². The van der Waals surface area contributed by atoms with Gasteiger partial charge >= 0.3 is 5.97 Å². The summed E-state index contributed by atoms with van der Waals surface area (Å²) in [5.74, 6) is -0.895. The molecule has 2 aliphatic rings. The Balaban J connectivity index is 2.08. The topological polar surface area (TPSA) is 64.6 Å². The van der Waals surface area contributed by atoms with Crippen LogP contribution in [0.25, 0.3) is 6.08 Å². The van der Waals surface area contributed by atoms with Gasteiger partial charge in [-0.05, 0) is 23.3 Å². The van der Waals surface area contributed by atoms with Crippen molar-refractivity contribution < 1.29 is 19.1 Å². The van der Waals surface area contributed by atoms with E-state index in [9.17, 15) is 9.59 Å². The summed E-state index contributed by atoms with van der Waals surface area (Å²) >= 11 is 0. The standard InChI is InChI=1S/C18H17NO4/c1-22-16-15-12(8-11-6-4-3-5-7-11)9-13(18(21)23-2)10-14(15)19-17(16)20/h3-10,15-16H,1-2H3,(H,19,20). The fourth-order valence-electron chi connectivity index (χ4n) is 2.92. The van der Waals surface area contributed by atoms with Crippen LogP contribution in [0, 0.1) is 5.92 Å². The van der Waals surface area contributed by atoms with Crippen LogP contribution in [0.5, 0.6) is 0 Å². The predicted octanol–water partition coefficient (Wildman–Crippen LogP) is 1.83. The molecule has 23 heavy (non-hydrogen) atoms. The summed E-state index contributed by atoms with van der Waals surface area (Å²) < 4.78 is 10.1. The first kappa shape index (κ1) is 15.2. The number of rotatable bonds is 3. The summed E-state index contributed by atoms with van der Waals surface area (Å²) in [5.41, 5.74) is 2.88. The smallest absolute Gasteiger partial charge is 0.337 e. The maximum atomic E-state index is 12.1. The highest BCUT2D eigenvalue weighted by atomic mass is 16.5. The van der Waals surface area contributed by atoms with Crippen LogP contribution in [0.3, 0.4) is 0 Å². The molecule has 1 saturated heterocycles. The van der Waals surface area contributed by atoms with Crippen molar-refractivity contribution in [3.63, 3.8) is 0 Å². The SMILES string of the molecule is COC(=O)C1=CC(=Cc2ccccc2)C2C(=C1)NC(=O)C2OC. The van der Waals surface area contributed by atoms with Crippen molar-refractivity contribution in [3.05, 3.63) is 64.9 Å². The minimum Gasteiger partial charge on any atom is -0.465 e. The summed E-state index contributed by atoms with van der Waals surface area (Å²) in [6.07, 6.45) is 4.74. The highest BCUT2D eigenvalue weighted by Crippen LogP contribution is 2.36. The Morgan fingerprint density at radius 3 is 2.57 bits per heavy atom. The third-order valence-electron chi connectivity index (χ3n) is 3.96. The fourth-order valence-corrected chi connectivity index (χ4v) is 2.92. The molecule has 5 nitrogen and oxygen atoms in total. The Morgan fingerprint density at radius 2 is 1.91 bits per heavy atom. The largest absolute Gasteiger partial charge is 0.465 e. The van der Waals surface area contributed by atoms with Gasteiger partial charge in [0.15, 0.2) is 0 Å². The summed E-state index contributed by atoms with van der Waals surface area (Å²) in [6, 6.07) is 9.72. The minimum absolute atomic E-state index is 0.206. The van der Waals surface area contributed by atoms with Gasteiger partial charge in [-0.25, -0.2) is 4.79 Å². The van der Waals surface area contributed by atoms with E-state index in [4.69, 9.17) is 9.47 Å². The number of methoxy groups -OCH3 is 2. The third-order valence-corrected chi connectivity index (χ3v) is 3.96. The molecule has 1 aliphatic heterocycles. The van der Waals surface area contributed by atoms with Gasteiger partial charge in [0, 0.05) is 12.8 Å². The van der Waals surface area contributed by atoms with Gasteiger partial charge in [0.2, 0.25) is 0 Å². The Morgan fingerprint density at radius 1 is 1.17 bits per heavy atom. The Kier molecular flexibility index (Phi) is 4.12. The van der Waals surface area contributed by atoms with E-state index in [0.717, 1.165) is 11.1 Å². The molecule has 3 rings (SSSR count). The molecule has 1 aromatic rings. The molecule has 1 amide bonds. The number of hydrogen-bond acceptors (Lipinski definition) is 4. The summed E-state index contributed by atoms with van der Waals surface area (Å²) in [5, 5.41) is 2.79. The zero-order valence-electron chi connectivity index (χ0n) is 12.9. The molecular formula is C18H17NO4. The number of carbonyl (C=O) groups excluding carboxylic acids is 2. The molecule has 1 heterocycles. The number of esters is 1. The van der Waals surface area contributed by atoms with Crippen molar-refractivity contribution in [2.24, 2.45) is 5.92 Å². The third kappa shape index (κ3) is 2.83. The molecule has 1 aromatic carbocycles. The van der Waals surface area contributed by atoms with Crippen molar-refractivity contribution in [3.8, 4) is 0 Å². The van der Waals surface area contributed by atoms with E-state index >= 15 is 0 Å². The molecule has 0 radical (unpaired) electrons. The van der Waals surface area contributed by atoms with Gasteiger partial charge in [-0.2, -0.15) is 0 Å². The van der Waals surface area contributed by atoms with E-state index in [0.29, 0.717) is 11.3 Å². The Hall–Kier alpha value is -2.66. The molecule has 0 bridgehead atoms. The van der Waals surface area contributed by atoms with E-state index in [2.05, 4.69) is 5.32 Å². The summed E-state index contributed by atoms with van der Waals surface area (Å²) in [7, 11) is 2.84. The minimum atomic E-state index is -0.605. The Labute approximate surface area is 134 Å². The highest BCUT2D eigenvalue weighted by molar-refractivity contribution is 5.96. The van der Waals surface area contributed by atoms with Crippen molar-refractivity contribution in [1.82, 2.24) is 5.32 Å². The first-order valence-electron chi connectivity index (χ1n) is 7.26. The average Bonchev–Trinajstić information content (AvgIpc) is 2.90. The summed E-state index contributed by atoms with van der Waals surface area (Å²) in [6.45, 7) is 0. The van der Waals surface area contributed by atoms with Crippen molar-refractivity contribution in [2.75, 3.05) is 14.2 Å². The monoisotopic (exact) mass is 311 g/mol. The van der Waals surface area contributed by atoms with Crippen molar-refractivity contribution >= 4 is 18.0 Å². The molecule has 0 spiro atoms. The Bertz CT molecular complexity index is 731. The normalized spacial score (nSPS) is 24.6. The quantitative estimate of drug-likeness (QED) is 0.865. The number of hydrogen-bond donors (Lipinski definition) is 1. The molecule has 2 atom stereocenters. The van der Waals surface area contributed by atoms with Gasteiger partial charge in [-0.15, -0.1) is 0 Å². The molecule has 1 aliphatic carbocycles. The number of allylic oxidation sites excluding steroid dienone is 1. The van der Waals surface area contributed by atoms with Gasteiger partial charge in [-0.3, -0.25) is 4.79 Å². The van der Waals surface area contributed by atoms with E-state index in [1.807, 2.05) is 36.4 Å². The number of carbonyl (C=O) groups is 2. The molecular weight excluding hydrogens is 294 g/mol. The fraction of sp³-hybridized carbons (Fsp3) is 0.222. The zero-order chi connectivity index (χ0) is 16.4. The molecule has 1 N–H and O–H groups in total.